The Morgan fingerprint density at radius 1 is 0.190 bits per heavy atom. The largest absolute Gasteiger partial charge is 0.394 e. The van der Waals surface area contributed by atoms with Gasteiger partial charge in [0.25, 0.3) is 0 Å². The fourth-order valence-electron chi connectivity index (χ4n) is 17.8. The molecule has 792 valence electrons. The lowest BCUT2D eigenvalue weighted by Crippen LogP contribution is -2.71. The first kappa shape index (κ1) is 113. The Balaban J connectivity index is 0.997. The summed E-state index contributed by atoms with van der Waals surface area (Å²) < 4.78 is 127. The lowest BCUT2D eigenvalue weighted by molar-refractivity contribution is -0.409. The van der Waals surface area contributed by atoms with Crippen LogP contribution >= 0.6 is 0 Å². The summed E-state index contributed by atoms with van der Waals surface area (Å²) in [5, 5.41) is 350. The molecule has 0 unspecified atom stereocenters. The number of aliphatic hydroxyl groups is 30. The number of aliphatic hydroxyl groups excluding tert-OH is 30. The van der Waals surface area contributed by atoms with Crippen molar-refractivity contribution in [3.63, 3.8) is 0 Å². The van der Waals surface area contributed by atoms with Crippen molar-refractivity contribution in [3.05, 3.63) is 0 Å². The molecule has 11 saturated heterocycles. The summed E-state index contributed by atoms with van der Waals surface area (Å²) in [5.74, 6) is -4.97. The molecule has 137 heavy (non-hydrogen) atoms. The van der Waals surface area contributed by atoms with Crippen LogP contribution in [-0.4, -0.2) is 593 Å². The Bertz CT molecular complexity index is 3780. The third-order valence-corrected chi connectivity index (χ3v) is 25.0. The average Bonchev–Trinajstić information content (AvgIpc) is 0.759. The van der Waals surface area contributed by atoms with E-state index in [0.29, 0.717) is 0 Å². The van der Waals surface area contributed by atoms with Crippen molar-refractivity contribution in [1.29, 1.82) is 0 Å². The molecule has 11 heterocycles. The van der Waals surface area contributed by atoms with E-state index < -0.39 is 440 Å². The van der Waals surface area contributed by atoms with Crippen LogP contribution in [0.1, 0.15) is 34.6 Å². The minimum Gasteiger partial charge on any atom is -0.394 e. The van der Waals surface area contributed by atoms with E-state index in [0.717, 1.165) is 34.6 Å². The Kier molecular flexibility index (Phi) is 40.7. The minimum atomic E-state index is -2.81. The Labute approximate surface area is 775 Å². The van der Waals surface area contributed by atoms with E-state index in [4.69, 9.17) is 99.5 Å². The maximum Gasteiger partial charge on any atom is 0.217 e. The third kappa shape index (κ3) is 25.0. The zero-order chi connectivity index (χ0) is 101. The third-order valence-electron chi connectivity index (χ3n) is 25.0. The summed E-state index contributed by atoms with van der Waals surface area (Å²) in [5.41, 5.74) is 0. The van der Waals surface area contributed by atoms with Gasteiger partial charge in [-0.2, -0.15) is 0 Å². The molecule has 0 aromatic heterocycles. The van der Waals surface area contributed by atoms with Crippen LogP contribution in [0.25, 0.3) is 0 Å². The van der Waals surface area contributed by atoms with Crippen LogP contribution in [0.2, 0.25) is 0 Å². The predicted octanol–water partition coefficient (Wildman–Crippen LogP) is -24.3. The second kappa shape index (κ2) is 49.5. The fourth-order valence-corrected chi connectivity index (χ4v) is 17.8. The van der Waals surface area contributed by atoms with Crippen molar-refractivity contribution in [1.82, 2.24) is 26.6 Å². The minimum absolute atomic E-state index is 0.838. The van der Waals surface area contributed by atoms with Gasteiger partial charge < -0.3 is 279 Å². The summed E-state index contributed by atoms with van der Waals surface area (Å²) in [6.45, 7) is -8.62. The first-order valence-corrected chi connectivity index (χ1v) is 43.7. The van der Waals surface area contributed by atoms with Gasteiger partial charge in [0.15, 0.2) is 69.2 Å². The van der Waals surface area contributed by atoms with Crippen LogP contribution in [0.4, 0.5) is 0 Å². The number of amides is 5. The van der Waals surface area contributed by atoms with Crippen molar-refractivity contribution in [2.75, 3.05) is 72.7 Å². The zero-order valence-electron chi connectivity index (χ0n) is 73.6. The first-order chi connectivity index (χ1) is 64.9. The van der Waals surface area contributed by atoms with Crippen molar-refractivity contribution in [3.8, 4) is 0 Å². The molecular weight excluding hydrogens is 1880 g/mol. The molecule has 0 aromatic rings. The highest BCUT2D eigenvalue weighted by molar-refractivity contribution is 5.75. The molecule has 11 aliphatic rings. The van der Waals surface area contributed by atoms with Gasteiger partial charge >= 0.3 is 0 Å². The zero-order valence-corrected chi connectivity index (χ0v) is 73.6. The van der Waals surface area contributed by atoms with Gasteiger partial charge in [-0.3, -0.25) is 24.0 Å². The van der Waals surface area contributed by atoms with Crippen LogP contribution in [-0.2, 0) is 123 Å². The number of hydrogen-bond donors (Lipinski definition) is 35. The molecule has 0 bridgehead atoms. The highest BCUT2D eigenvalue weighted by atomic mass is 16.8. The van der Waals surface area contributed by atoms with Crippen LogP contribution in [0, 0.1) is 0 Å². The van der Waals surface area contributed by atoms with Gasteiger partial charge in [-0.25, -0.2) is 0 Å². The summed E-state index contributed by atoms with van der Waals surface area (Å²) in [7, 11) is 0. The van der Waals surface area contributed by atoms with Crippen molar-refractivity contribution < 1.29 is 277 Å². The lowest BCUT2D eigenvalue weighted by atomic mass is 9.93. The Morgan fingerprint density at radius 2 is 0.416 bits per heavy atom. The van der Waals surface area contributed by atoms with Crippen LogP contribution in [0.15, 0.2) is 0 Å². The molecule has 61 nitrogen and oxygen atoms in total. The molecule has 11 fully saturated rings. The average molecular weight is 2010 g/mol. The number of carbonyl (C=O) groups excluding carboxylic acids is 5. The Morgan fingerprint density at radius 3 is 0.774 bits per heavy atom. The first-order valence-electron chi connectivity index (χ1n) is 43.7. The Hall–Kier alpha value is -4.69. The van der Waals surface area contributed by atoms with Gasteiger partial charge in [-0.05, 0) is 0 Å². The van der Waals surface area contributed by atoms with Crippen LogP contribution in [0.3, 0.4) is 0 Å². The molecule has 61 heteroatoms. The normalized spacial score (nSPS) is 48.9. The fraction of sp³-hybridized carbons (Fsp3) is 0.934. The second-order valence-electron chi connectivity index (χ2n) is 34.5. The standard InChI is InChI=1S/C76H127N5O56/c1-17(92)77-33-45(104)57(28(12-88)118-66(33)116)129-68-35(79-19(3)94)46(105)60(30(14-90)125-68)132-74-56(115)63(135-76-65(52(111)42(101)26(10-86)124-76)137-70-37(81-21(5)96)47(106)58(29(13-89)127-70)130-71-53(112)49(108)39(98)23(7-83)120-71)61(133-67-34(78-18(2)93)44(103)38(97)22(6-82)119-67)32(128-74)16-117-75-64(51(110)41(100)25(9-85)123-75)136-69-36(80-20(4)95)48(107)59(31(15-91)126-69)131-73-55(114)62(43(102)27(11-87)122-73)134-72-54(113)50(109)40(99)24(8-84)121-72/h22-76,82-91,97-116H,6-16H2,1-5H3,(H,77,92)(H,78,93)(H,79,94)(H,80,95)(H,81,96)/t22-,23-,24-,25-,26-,27-,28-,29-,30-,31-,32-,33-,34-,35-,36-,37-,38-,39+,40+,41-,42-,43+,44-,45-,46-,47-,48-,49+,50+,51+,52+,53-,54-,55-,56+,57-,58-,59-,60-,61-,62+,63-,64+,65+,66-,67+,68+,69+,70+,71+,72-,73+,74+,75+,76-/m1/s1. The van der Waals surface area contributed by atoms with Crippen molar-refractivity contribution >= 4 is 29.5 Å². The maximum absolute atomic E-state index is 13.4. The highest BCUT2D eigenvalue weighted by Gasteiger charge is 2.64. The summed E-state index contributed by atoms with van der Waals surface area (Å²) in [4.78, 5) is 65.4. The van der Waals surface area contributed by atoms with Gasteiger partial charge in [0.1, 0.15) is 268 Å². The molecule has 55 atom stereocenters. The van der Waals surface area contributed by atoms with E-state index in [9.17, 15) is 177 Å². The molecule has 0 saturated carbocycles. The lowest BCUT2D eigenvalue weighted by Gasteiger charge is -2.52. The quantitative estimate of drug-likeness (QED) is 0.0277. The van der Waals surface area contributed by atoms with Gasteiger partial charge in [0.05, 0.1) is 72.7 Å². The van der Waals surface area contributed by atoms with Crippen molar-refractivity contribution in [2.24, 2.45) is 0 Å². The number of rotatable bonds is 36. The van der Waals surface area contributed by atoms with E-state index in [2.05, 4.69) is 26.6 Å². The molecule has 5 amide bonds. The summed E-state index contributed by atoms with van der Waals surface area (Å²) >= 11 is 0. The molecule has 11 aliphatic heterocycles. The number of hydrogen-bond acceptors (Lipinski definition) is 56. The number of nitrogens with one attached hydrogen (secondary N) is 5. The van der Waals surface area contributed by atoms with Crippen LogP contribution in [0.5, 0.6) is 0 Å². The number of carbonyl (C=O) groups is 5. The highest BCUT2D eigenvalue weighted by Crippen LogP contribution is 2.43. The molecule has 0 spiro atoms. The van der Waals surface area contributed by atoms with E-state index >= 15 is 0 Å². The number of ether oxygens (including phenoxy) is 21. The van der Waals surface area contributed by atoms with Crippen molar-refractivity contribution in [2.45, 2.75) is 372 Å². The predicted molar refractivity (Wildman–Crippen MR) is 420 cm³/mol. The van der Waals surface area contributed by atoms with E-state index in [1.807, 2.05) is 0 Å². The molecular formula is C76H127N5O56. The smallest absolute Gasteiger partial charge is 0.217 e. The van der Waals surface area contributed by atoms with Crippen LogP contribution < -0.4 is 26.6 Å². The monoisotopic (exact) mass is 2010 g/mol. The van der Waals surface area contributed by atoms with E-state index in [1.54, 1.807) is 0 Å². The summed E-state index contributed by atoms with van der Waals surface area (Å²) in [6.07, 6.45) is -110. The van der Waals surface area contributed by atoms with Gasteiger partial charge in [0, 0.05) is 34.6 Å². The molecule has 35 N–H and O–H groups in total. The topological polar surface area (TPSA) is 946 Å². The van der Waals surface area contributed by atoms with Gasteiger partial charge in [-0.1, -0.05) is 0 Å². The second-order valence-corrected chi connectivity index (χ2v) is 34.5. The van der Waals surface area contributed by atoms with Gasteiger partial charge in [0.2, 0.25) is 29.5 Å². The van der Waals surface area contributed by atoms with Gasteiger partial charge in [-0.15, -0.1) is 0 Å². The van der Waals surface area contributed by atoms with E-state index in [-0.39, 0.29) is 0 Å². The van der Waals surface area contributed by atoms with E-state index in [1.165, 1.54) is 0 Å². The maximum atomic E-state index is 13.4. The summed E-state index contributed by atoms with van der Waals surface area (Å²) in [6, 6.07) is -10.0. The molecule has 0 aromatic carbocycles. The molecule has 0 radical (unpaired) electrons. The molecule has 11 rings (SSSR count). The SMILES string of the molecule is CC(=O)N[C@@H]1[C@@H](O)[C@H](O[C@@H]2O[C@H](CO)[C@@H](O[C@@H]3O[C@H](CO[C@H]4O[C@H](CO)[C@@H](O)[C@H](O)[C@@H]4O[C@@H]4O[C@H](CO)[C@@H](O[C@@H]5O[C@H](CO)[C@H](O)[C@H](O[C@H]6O[C@H](CO)[C@H](O)[C@H](O)[C@H]6O)[C@H]5O)[C@H](O)[C@H]4NC(C)=O)[C@@H](O[C@@H]4O[C@H](CO)[C@@H](O)[C@H](O)[C@H]4NC(C)=O)[C@H](O[C@H]4O[C@H](CO)[C@@H](O)[C@H](O)[C@@H]4O[C@@H]4O[C@H](CO)[C@@H](O[C@@H]5O[C@H](CO)[C@H](O)[C@H](O)[C@H]5O)[C@H](O)[C@H]4NC(C)=O)[C@@H]3O)[C@H](O)[C@H]2NC(C)=O)[C@@H](CO)O[C@H]1O. The molecule has 0 aliphatic carbocycles.